The summed E-state index contributed by atoms with van der Waals surface area (Å²) in [6.07, 6.45) is 3.32. The zero-order valence-corrected chi connectivity index (χ0v) is 20.3. The van der Waals surface area contributed by atoms with Crippen molar-refractivity contribution in [3.05, 3.63) is 29.8 Å². The number of anilines is 1. The summed E-state index contributed by atoms with van der Waals surface area (Å²) >= 11 is 1.23. The number of carbonyl (C=O) groups is 3. The van der Waals surface area contributed by atoms with Crippen LogP contribution in [-0.2, 0) is 14.3 Å². The number of thioether (sulfide) groups is 1. The van der Waals surface area contributed by atoms with Crippen molar-refractivity contribution in [2.45, 2.75) is 58.6 Å². The Balaban J connectivity index is 1.33. The summed E-state index contributed by atoms with van der Waals surface area (Å²) in [6, 6.07) is 6.44. The standard InChI is InChI=1S/C24H30N4O4S/c1-5-32-21(31)14-6-8-16(9-7-14)25-19(29)13-17-20(30)26-22(33-17)28-27-18-12-15-10-11-24(18,4)23(15,2)3/h6-9,15,17H,5,10-13H2,1-4H3,(H,25,29)(H,26,28,30)/b27-18+/t15-,17+,24-/m0/s1. The monoisotopic (exact) mass is 470 g/mol. The van der Waals surface area contributed by atoms with E-state index in [1.165, 1.54) is 18.2 Å². The van der Waals surface area contributed by atoms with E-state index in [0.29, 0.717) is 28.9 Å². The van der Waals surface area contributed by atoms with Crippen LogP contribution >= 0.6 is 11.8 Å². The molecule has 1 heterocycles. The number of hydrogen-bond acceptors (Lipinski definition) is 7. The van der Waals surface area contributed by atoms with Gasteiger partial charge in [0.25, 0.3) is 0 Å². The first-order valence-corrected chi connectivity index (χ1v) is 12.2. The van der Waals surface area contributed by atoms with E-state index < -0.39 is 11.2 Å². The Morgan fingerprint density at radius 3 is 2.55 bits per heavy atom. The SMILES string of the molecule is CCOC(=O)c1ccc(NC(=O)C[C@H]2S/C(=N/N=C3\C[C@@H]4CC[C@]3(C)C4(C)C)NC2=O)cc1. The van der Waals surface area contributed by atoms with Crippen molar-refractivity contribution in [2.24, 2.45) is 27.0 Å². The lowest BCUT2D eigenvalue weighted by Crippen LogP contribution is -2.32. The van der Waals surface area contributed by atoms with Crippen molar-refractivity contribution in [1.82, 2.24) is 5.32 Å². The fourth-order valence-corrected chi connectivity index (χ4v) is 5.97. The van der Waals surface area contributed by atoms with Crippen LogP contribution in [0.5, 0.6) is 0 Å². The largest absolute Gasteiger partial charge is 0.462 e. The molecule has 4 rings (SSSR count). The van der Waals surface area contributed by atoms with Crippen molar-refractivity contribution in [3.63, 3.8) is 0 Å². The normalized spacial score (nSPS) is 30.0. The van der Waals surface area contributed by atoms with Crippen molar-refractivity contribution in [1.29, 1.82) is 0 Å². The third-order valence-electron chi connectivity index (χ3n) is 7.60. The molecule has 0 aromatic heterocycles. The van der Waals surface area contributed by atoms with Gasteiger partial charge in [0.2, 0.25) is 11.8 Å². The average Bonchev–Trinajstić information content (AvgIpc) is 3.29. The molecule has 3 aliphatic rings. The molecule has 176 valence electrons. The smallest absolute Gasteiger partial charge is 0.338 e. The molecule has 2 saturated carbocycles. The summed E-state index contributed by atoms with van der Waals surface area (Å²) in [4.78, 5) is 36.5. The van der Waals surface area contributed by atoms with Crippen LogP contribution in [0.1, 0.15) is 63.7 Å². The molecule has 3 atom stereocenters. The number of rotatable bonds is 6. The molecule has 0 radical (unpaired) electrons. The fraction of sp³-hybridized carbons (Fsp3) is 0.542. The highest BCUT2D eigenvalue weighted by molar-refractivity contribution is 8.15. The highest BCUT2D eigenvalue weighted by atomic mass is 32.2. The number of carbonyl (C=O) groups excluding carboxylic acids is 3. The number of fused-ring (bicyclic) bond motifs is 2. The maximum absolute atomic E-state index is 12.4. The maximum Gasteiger partial charge on any atom is 0.338 e. The van der Waals surface area contributed by atoms with Crippen molar-refractivity contribution >= 4 is 46.1 Å². The molecule has 8 nitrogen and oxygen atoms in total. The van der Waals surface area contributed by atoms with Crippen LogP contribution in [0.4, 0.5) is 5.69 Å². The van der Waals surface area contributed by atoms with E-state index in [1.807, 2.05) is 0 Å². The Bertz CT molecular complexity index is 1030. The van der Waals surface area contributed by atoms with Gasteiger partial charge in [-0.05, 0) is 61.8 Å². The Labute approximate surface area is 198 Å². The number of benzene rings is 1. The molecule has 2 bridgehead atoms. The Kier molecular flexibility index (Phi) is 6.35. The zero-order chi connectivity index (χ0) is 23.8. The molecule has 2 amide bonds. The Morgan fingerprint density at radius 2 is 1.94 bits per heavy atom. The Morgan fingerprint density at radius 1 is 1.21 bits per heavy atom. The summed E-state index contributed by atoms with van der Waals surface area (Å²) < 4.78 is 4.95. The number of nitrogens with zero attached hydrogens (tertiary/aromatic N) is 2. The first kappa shape index (κ1) is 23.5. The molecule has 9 heteroatoms. The van der Waals surface area contributed by atoms with Gasteiger partial charge in [0.05, 0.1) is 12.2 Å². The fourth-order valence-electron chi connectivity index (χ4n) is 5.06. The van der Waals surface area contributed by atoms with E-state index >= 15 is 0 Å². The van der Waals surface area contributed by atoms with Gasteiger partial charge in [0.1, 0.15) is 5.25 Å². The number of amides is 2. The Hall–Kier alpha value is -2.68. The van der Waals surface area contributed by atoms with E-state index in [2.05, 4.69) is 41.6 Å². The number of hydrogen-bond donors (Lipinski definition) is 2. The van der Waals surface area contributed by atoms with Gasteiger partial charge in [-0.2, -0.15) is 5.10 Å². The molecule has 1 aromatic carbocycles. The first-order valence-electron chi connectivity index (χ1n) is 11.3. The van der Waals surface area contributed by atoms with Crippen LogP contribution in [0.2, 0.25) is 0 Å². The molecular formula is C24H30N4O4S. The summed E-state index contributed by atoms with van der Waals surface area (Å²) in [5.74, 6) is -0.310. The molecule has 2 N–H and O–H groups in total. The summed E-state index contributed by atoms with van der Waals surface area (Å²) in [6.45, 7) is 8.93. The summed E-state index contributed by atoms with van der Waals surface area (Å²) in [5.41, 5.74) is 2.34. The topological polar surface area (TPSA) is 109 Å². The predicted octanol–water partition coefficient (Wildman–Crippen LogP) is 3.98. The highest BCUT2D eigenvalue weighted by Crippen LogP contribution is 2.64. The number of esters is 1. The van der Waals surface area contributed by atoms with Crippen LogP contribution in [0.3, 0.4) is 0 Å². The van der Waals surface area contributed by atoms with E-state index in [1.54, 1.807) is 31.2 Å². The van der Waals surface area contributed by atoms with Gasteiger partial charge in [0.15, 0.2) is 5.17 Å². The maximum atomic E-state index is 12.4. The lowest BCUT2D eigenvalue weighted by molar-refractivity contribution is -0.122. The van der Waals surface area contributed by atoms with Gasteiger partial charge < -0.3 is 15.4 Å². The van der Waals surface area contributed by atoms with Gasteiger partial charge in [-0.3, -0.25) is 9.59 Å². The van der Waals surface area contributed by atoms with Gasteiger partial charge >= 0.3 is 5.97 Å². The average molecular weight is 471 g/mol. The van der Waals surface area contributed by atoms with E-state index in [0.717, 1.165) is 18.6 Å². The minimum Gasteiger partial charge on any atom is -0.462 e. The van der Waals surface area contributed by atoms with Crippen molar-refractivity contribution in [2.75, 3.05) is 11.9 Å². The van der Waals surface area contributed by atoms with Crippen LogP contribution < -0.4 is 10.6 Å². The second-order valence-corrected chi connectivity index (χ2v) is 10.8. The van der Waals surface area contributed by atoms with Crippen LogP contribution in [0, 0.1) is 16.7 Å². The lowest BCUT2D eigenvalue weighted by Gasteiger charge is -2.34. The molecular weight excluding hydrogens is 440 g/mol. The zero-order valence-electron chi connectivity index (χ0n) is 19.4. The third kappa shape index (κ3) is 4.43. The molecule has 1 aliphatic heterocycles. The molecule has 3 fully saturated rings. The van der Waals surface area contributed by atoms with Gasteiger partial charge in [0, 0.05) is 23.2 Å². The van der Waals surface area contributed by atoms with Gasteiger partial charge in [-0.15, -0.1) is 5.10 Å². The second-order valence-electron chi connectivity index (χ2n) is 9.59. The second kappa shape index (κ2) is 8.93. The molecule has 33 heavy (non-hydrogen) atoms. The number of amidine groups is 1. The van der Waals surface area contributed by atoms with Gasteiger partial charge in [-0.1, -0.05) is 32.5 Å². The molecule has 0 spiro atoms. The molecule has 0 unspecified atom stereocenters. The van der Waals surface area contributed by atoms with Crippen LogP contribution in [0.15, 0.2) is 34.5 Å². The highest BCUT2D eigenvalue weighted by Gasteiger charge is 2.60. The lowest BCUT2D eigenvalue weighted by atomic mass is 9.70. The summed E-state index contributed by atoms with van der Waals surface area (Å²) in [5, 5.41) is 14.2. The number of nitrogens with one attached hydrogen (secondary N) is 2. The van der Waals surface area contributed by atoms with Gasteiger partial charge in [-0.25, -0.2) is 4.79 Å². The van der Waals surface area contributed by atoms with Crippen LogP contribution in [0.25, 0.3) is 0 Å². The van der Waals surface area contributed by atoms with Crippen LogP contribution in [-0.4, -0.2) is 40.5 Å². The predicted molar refractivity (Wildman–Crippen MR) is 129 cm³/mol. The van der Waals surface area contributed by atoms with Crippen molar-refractivity contribution in [3.8, 4) is 0 Å². The van der Waals surface area contributed by atoms with Crippen molar-refractivity contribution < 1.29 is 19.1 Å². The first-order chi connectivity index (χ1) is 15.6. The number of ether oxygens (including phenoxy) is 1. The molecule has 1 saturated heterocycles. The van der Waals surface area contributed by atoms with E-state index in [-0.39, 0.29) is 29.1 Å². The molecule has 2 aliphatic carbocycles. The van der Waals surface area contributed by atoms with E-state index in [4.69, 9.17) is 4.74 Å². The third-order valence-corrected chi connectivity index (χ3v) is 8.67. The summed E-state index contributed by atoms with van der Waals surface area (Å²) in [7, 11) is 0. The minimum atomic E-state index is -0.560. The quantitative estimate of drug-likeness (QED) is 0.483. The minimum absolute atomic E-state index is 0.0124. The molecule has 1 aromatic rings. The van der Waals surface area contributed by atoms with E-state index in [9.17, 15) is 14.4 Å².